The molecule has 1 atom stereocenters. The van der Waals surface area contributed by atoms with Crippen molar-refractivity contribution in [2.45, 2.75) is 18.5 Å². The Labute approximate surface area is 175 Å². The molecule has 0 spiro atoms. The molecule has 3 N–H and O–H groups in total. The molecule has 0 radical (unpaired) electrons. The Morgan fingerprint density at radius 3 is 2.83 bits per heavy atom. The monoisotopic (exact) mass is 418 g/mol. The Hall–Kier alpha value is -3.04. The number of pyridine rings is 1. The van der Waals surface area contributed by atoms with Gasteiger partial charge in [0, 0.05) is 45.2 Å². The Bertz CT molecular complexity index is 809. The summed E-state index contributed by atoms with van der Waals surface area (Å²) in [5.74, 6) is -0.439. The van der Waals surface area contributed by atoms with E-state index in [1.54, 1.807) is 25.4 Å². The Morgan fingerprint density at radius 2 is 2.17 bits per heavy atom. The van der Waals surface area contributed by atoms with Crippen molar-refractivity contribution in [2.75, 3.05) is 38.7 Å². The minimum absolute atomic E-state index is 0.104. The number of likely N-dealkylation sites (tertiary alicyclic amines) is 1. The molecule has 0 saturated carbocycles. The van der Waals surface area contributed by atoms with Gasteiger partial charge in [-0.1, -0.05) is 12.1 Å². The summed E-state index contributed by atoms with van der Waals surface area (Å²) in [4.78, 5) is 27.9. The molecule has 9 heteroatoms. The van der Waals surface area contributed by atoms with Crippen molar-refractivity contribution in [3.05, 3.63) is 60.2 Å². The van der Waals surface area contributed by atoms with Crippen LogP contribution in [0.4, 0.5) is 10.1 Å². The van der Waals surface area contributed by atoms with Crippen LogP contribution in [-0.4, -0.2) is 66.3 Å². The molecule has 3 rings (SSSR count). The van der Waals surface area contributed by atoms with Crippen LogP contribution in [0.5, 0.6) is 0 Å². The highest BCUT2D eigenvalue weighted by atomic mass is 19.1. The van der Waals surface area contributed by atoms with Crippen molar-refractivity contribution in [2.24, 2.45) is 0 Å². The predicted molar refractivity (Wildman–Crippen MR) is 110 cm³/mol. The summed E-state index contributed by atoms with van der Waals surface area (Å²) in [5.41, 5.74) is 0.728. The molecule has 1 amide bonds. The van der Waals surface area contributed by atoms with Crippen LogP contribution in [0.25, 0.3) is 0 Å². The fourth-order valence-electron chi connectivity index (χ4n) is 3.37. The van der Waals surface area contributed by atoms with E-state index < -0.39 is 5.54 Å². The number of anilines is 1. The van der Waals surface area contributed by atoms with Crippen molar-refractivity contribution >= 4 is 18.1 Å². The van der Waals surface area contributed by atoms with Gasteiger partial charge in [-0.3, -0.25) is 19.5 Å². The van der Waals surface area contributed by atoms with E-state index in [1.807, 2.05) is 18.2 Å². The van der Waals surface area contributed by atoms with Gasteiger partial charge in [0.15, 0.2) is 0 Å². The first-order valence-corrected chi connectivity index (χ1v) is 9.54. The van der Waals surface area contributed by atoms with Crippen molar-refractivity contribution in [1.29, 1.82) is 0 Å². The predicted octanol–water partition coefficient (Wildman–Crippen LogP) is 1.74. The maximum absolute atomic E-state index is 13.6. The van der Waals surface area contributed by atoms with E-state index in [0.29, 0.717) is 38.3 Å². The second-order valence-electron chi connectivity index (χ2n) is 6.85. The van der Waals surface area contributed by atoms with Gasteiger partial charge in [0.05, 0.1) is 12.3 Å². The highest BCUT2D eigenvalue weighted by molar-refractivity contribution is 5.90. The topological polar surface area (TPSA) is 104 Å². The fraction of sp³-hybridized carbons (Fsp3) is 0.381. The lowest BCUT2D eigenvalue weighted by molar-refractivity contribution is -0.125. The molecule has 1 unspecified atom stereocenters. The van der Waals surface area contributed by atoms with Gasteiger partial charge < -0.3 is 20.5 Å². The largest absolute Gasteiger partial charge is 0.483 e. The summed E-state index contributed by atoms with van der Waals surface area (Å²) < 4.78 is 18.6. The number of carbonyl (C=O) groups excluding carboxylic acids is 1. The van der Waals surface area contributed by atoms with Crippen molar-refractivity contribution < 1.29 is 23.8 Å². The van der Waals surface area contributed by atoms with E-state index >= 15 is 0 Å². The van der Waals surface area contributed by atoms with Crippen molar-refractivity contribution in [3.63, 3.8) is 0 Å². The molecule has 0 aliphatic carbocycles. The number of ether oxygens (including phenoxy) is 1. The second kappa shape index (κ2) is 11.8. The molecule has 1 saturated heterocycles. The number of hydrogen-bond donors (Lipinski definition) is 3. The second-order valence-corrected chi connectivity index (χ2v) is 6.85. The van der Waals surface area contributed by atoms with Crippen LogP contribution >= 0.6 is 0 Å². The lowest BCUT2D eigenvalue weighted by Crippen LogP contribution is -2.54. The lowest BCUT2D eigenvalue weighted by Gasteiger charge is -2.30. The van der Waals surface area contributed by atoms with Gasteiger partial charge in [0.2, 0.25) is 5.91 Å². The Kier molecular flexibility index (Phi) is 9.17. The zero-order valence-corrected chi connectivity index (χ0v) is 16.9. The minimum Gasteiger partial charge on any atom is -0.483 e. The number of hydrogen-bond acceptors (Lipinski definition) is 6. The smallest absolute Gasteiger partial charge is 0.290 e. The third-order valence-electron chi connectivity index (χ3n) is 4.69. The highest BCUT2D eigenvalue weighted by Gasteiger charge is 2.44. The Balaban J connectivity index is 0.00000101. The number of aromatic nitrogens is 1. The molecule has 1 fully saturated rings. The number of carboxylic acid groups (broad SMARTS) is 1. The summed E-state index contributed by atoms with van der Waals surface area (Å²) in [6, 6.07) is 12.0. The number of methoxy groups -OCH3 is 1. The van der Waals surface area contributed by atoms with E-state index in [9.17, 15) is 9.18 Å². The van der Waals surface area contributed by atoms with E-state index in [4.69, 9.17) is 14.6 Å². The standard InChI is InChI=1S/C20H25FN4O2.CH2O2/c1-27-12-10-23-19(26)20(24-17-7-4-5-16(21)13-17)8-11-25(15-20)14-18-6-2-3-9-22-18;2-1-3/h2-7,9,13,24H,8,10-12,14-15H2,1H3,(H,23,26);1H,(H,2,3). The summed E-state index contributed by atoms with van der Waals surface area (Å²) in [7, 11) is 1.59. The zero-order chi connectivity index (χ0) is 21.8. The first kappa shape index (κ1) is 23.2. The van der Waals surface area contributed by atoms with E-state index in [0.717, 1.165) is 12.2 Å². The maximum Gasteiger partial charge on any atom is 0.290 e. The van der Waals surface area contributed by atoms with Gasteiger partial charge in [-0.2, -0.15) is 0 Å². The molecule has 2 heterocycles. The van der Waals surface area contributed by atoms with Gasteiger partial charge in [-0.25, -0.2) is 4.39 Å². The molecule has 0 bridgehead atoms. The number of nitrogens with zero attached hydrogens (tertiary/aromatic N) is 2. The fourth-order valence-corrected chi connectivity index (χ4v) is 3.37. The minimum atomic E-state index is -0.823. The Morgan fingerprint density at radius 1 is 1.37 bits per heavy atom. The SMILES string of the molecule is COCCNC(=O)C1(Nc2cccc(F)c2)CCN(Cc2ccccn2)C1.O=CO. The molecule has 2 aromatic rings. The summed E-state index contributed by atoms with van der Waals surface area (Å²) in [5, 5.41) is 13.1. The van der Waals surface area contributed by atoms with Gasteiger partial charge in [-0.05, 0) is 36.8 Å². The molecule has 30 heavy (non-hydrogen) atoms. The first-order chi connectivity index (χ1) is 14.5. The number of rotatable bonds is 8. The van der Waals surface area contributed by atoms with Crippen molar-refractivity contribution in [3.8, 4) is 0 Å². The molecule has 8 nitrogen and oxygen atoms in total. The average molecular weight is 418 g/mol. The average Bonchev–Trinajstić information content (AvgIpc) is 3.13. The third kappa shape index (κ3) is 6.78. The van der Waals surface area contributed by atoms with Gasteiger partial charge in [-0.15, -0.1) is 0 Å². The van der Waals surface area contributed by atoms with Crippen LogP contribution in [0.3, 0.4) is 0 Å². The van der Waals surface area contributed by atoms with E-state index in [1.165, 1.54) is 12.1 Å². The lowest BCUT2D eigenvalue weighted by atomic mass is 9.96. The number of carbonyl (C=O) groups is 2. The van der Waals surface area contributed by atoms with Crippen LogP contribution < -0.4 is 10.6 Å². The quantitative estimate of drug-likeness (QED) is 0.443. The number of halogens is 1. The molecule has 1 aliphatic rings. The number of benzene rings is 1. The van der Waals surface area contributed by atoms with E-state index in [2.05, 4.69) is 20.5 Å². The summed E-state index contributed by atoms with van der Waals surface area (Å²) in [6.07, 6.45) is 2.39. The normalized spacial score (nSPS) is 18.2. The molecule has 1 aromatic heterocycles. The van der Waals surface area contributed by atoms with Gasteiger partial charge >= 0.3 is 0 Å². The van der Waals surface area contributed by atoms with Crippen molar-refractivity contribution in [1.82, 2.24) is 15.2 Å². The van der Waals surface area contributed by atoms with Crippen LogP contribution in [0.1, 0.15) is 12.1 Å². The number of amides is 1. The molecular formula is C21H27FN4O4. The molecule has 1 aromatic carbocycles. The van der Waals surface area contributed by atoms with Gasteiger partial charge in [0.1, 0.15) is 11.4 Å². The molecule has 162 valence electrons. The summed E-state index contributed by atoms with van der Waals surface area (Å²) >= 11 is 0. The van der Waals surface area contributed by atoms with Crippen LogP contribution in [-0.2, 0) is 20.9 Å². The van der Waals surface area contributed by atoms with Gasteiger partial charge in [0.25, 0.3) is 6.47 Å². The molecular weight excluding hydrogens is 391 g/mol. The highest BCUT2D eigenvalue weighted by Crippen LogP contribution is 2.28. The van der Waals surface area contributed by atoms with Crippen LogP contribution in [0.2, 0.25) is 0 Å². The summed E-state index contributed by atoms with van der Waals surface area (Å²) in [6.45, 7) is 2.55. The third-order valence-corrected chi connectivity index (χ3v) is 4.69. The molecule has 1 aliphatic heterocycles. The van der Waals surface area contributed by atoms with Crippen LogP contribution in [0.15, 0.2) is 48.7 Å². The first-order valence-electron chi connectivity index (χ1n) is 9.54. The van der Waals surface area contributed by atoms with Crippen LogP contribution in [0, 0.1) is 5.82 Å². The van der Waals surface area contributed by atoms with E-state index in [-0.39, 0.29) is 18.2 Å². The number of nitrogens with one attached hydrogen (secondary N) is 2. The zero-order valence-electron chi connectivity index (χ0n) is 16.9. The maximum atomic E-state index is 13.6.